The van der Waals surface area contributed by atoms with Crippen molar-refractivity contribution in [1.82, 2.24) is 24.8 Å². The number of fused-ring (bicyclic) bond motifs is 1. The molecule has 0 spiro atoms. The average Bonchev–Trinajstić information content (AvgIpc) is 3.30. The third kappa shape index (κ3) is 2.32. The summed E-state index contributed by atoms with van der Waals surface area (Å²) in [5.41, 5.74) is 4.05. The summed E-state index contributed by atoms with van der Waals surface area (Å²) < 4.78 is 6.38. The fourth-order valence-corrected chi connectivity index (χ4v) is 2.53. The van der Waals surface area contributed by atoms with E-state index >= 15 is 0 Å². The number of rotatable bonds is 3. The zero-order valence-electron chi connectivity index (χ0n) is 12.8. The molecule has 0 aliphatic rings. The lowest BCUT2D eigenvalue weighted by Gasteiger charge is -2.04. The van der Waals surface area contributed by atoms with Crippen LogP contribution in [0.5, 0.6) is 0 Å². The molecule has 118 valence electrons. The number of ether oxygens (including phenoxy) is 1. The van der Waals surface area contributed by atoms with Gasteiger partial charge in [0, 0.05) is 17.3 Å². The number of nitrogens with zero attached hydrogens (tertiary/aromatic N) is 4. The fraction of sp³-hybridized carbons (Fsp3) is 0.0588. The SMILES string of the molecule is COC(=O)c1cc(-c2ccn[nH]2)c2nc(-c3ccccc3)cn2n1. The fourth-order valence-electron chi connectivity index (χ4n) is 2.53. The maximum atomic E-state index is 11.9. The second-order valence-corrected chi connectivity index (χ2v) is 5.17. The molecule has 0 aliphatic heterocycles. The molecule has 0 saturated heterocycles. The summed E-state index contributed by atoms with van der Waals surface area (Å²) >= 11 is 0. The summed E-state index contributed by atoms with van der Waals surface area (Å²) in [6.07, 6.45) is 3.43. The van der Waals surface area contributed by atoms with E-state index in [1.54, 1.807) is 23.0 Å². The van der Waals surface area contributed by atoms with Crippen LogP contribution >= 0.6 is 0 Å². The van der Waals surface area contributed by atoms with Gasteiger partial charge in [0.15, 0.2) is 11.3 Å². The van der Waals surface area contributed by atoms with Crippen molar-refractivity contribution >= 4 is 11.6 Å². The van der Waals surface area contributed by atoms with Gasteiger partial charge in [-0.05, 0) is 12.1 Å². The topological polar surface area (TPSA) is 85.2 Å². The number of imidazole rings is 1. The van der Waals surface area contributed by atoms with E-state index < -0.39 is 5.97 Å². The number of aromatic nitrogens is 5. The number of methoxy groups -OCH3 is 1. The molecule has 4 rings (SSSR count). The van der Waals surface area contributed by atoms with Crippen LogP contribution in [0.25, 0.3) is 28.2 Å². The van der Waals surface area contributed by atoms with Crippen molar-refractivity contribution in [2.24, 2.45) is 0 Å². The smallest absolute Gasteiger partial charge is 0.358 e. The number of H-pyrrole nitrogens is 1. The zero-order valence-corrected chi connectivity index (χ0v) is 12.8. The monoisotopic (exact) mass is 319 g/mol. The third-order valence-electron chi connectivity index (χ3n) is 3.68. The van der Waals surface area contributed by atoms with Gasteiger partial charge in [-0.15, -0.1) is 0 Å². The van der Waals surface area contributed by atoms with Crippen molar-refractivity contribution in [2.75, 3.05) is 7.11 Å². The van der Waals surface area contributed by atoms with Crippen molar-refractivity contribution in [3.05, 3.63) is 60.6 Å². The number of aromatic amines is 1. The molecule has 1 N–H and O–H groups in total. The van der Waals surface area contributed by atoms with Crippen LogP contribution in [0.15, 0.2) is 54.9 Å². The largest absolute Gasteiger partial charge is 0.464 e. The van der Waals surface area contributed by atoms with Crippen LogP contribution in [-0.2, 0) is 4.74 Å². The maximum absolute atomic E-state index is 11.9. The predicted molar refractivity (Wildman–Crippen MR) is 87.3 cm³/mol. The lowest BCUT2D eigenvalue weighted by Crippen LogP contribution is -2.08. The first-order chi connectivity index (χ1) is 11.8. The van der Waals surface area contributed by atoms with Crippen molar-refractivity contribution < 1.29 is 9.53 Å². The van der Waals surface area contributed by atoms with Gasteiger partial charge in [0.25, 0.3) is 0 Å². The number of carbonyl (C=O) groups is 1. The Morgan fingerprint density at radius 1 is 1.21 bits per heavy atom. The highest BCUT2D eigenvalue weighted by molar-refractivity contribution is 5.90. The summed E-state index contributed by atoms with van der Waals surface area (Å²) in [7, 11) is 1.33. The molecule has 1 aromatic carbocycles. The Bertz CT molecular complexity index is 1010. The quantitative estimate of drug-likeness (QED) is 0.587. The first-order valence-corrected chi connectivity index (χ1v) is 7.30. The number of hydrogen-bond acceptors (Lipinski definition) is 5. The highest BCUT2D eigenvalue weighted by atomic mass is 16.5. The molecule has 0 unspecified atom stereocenters. The Labute approximate surface area is 136 Å². The molecular formula is C17H13N5O2. The Balaban J connectivity index is 1.97. The molecule has 0 amide bonds. The molecule has 4 aromatic rings. The van der Waals surface area contributed by atoms with E-state index in [0.29, 0.717) is 5.65 Å². The number of esters is 1. The second-order valence-electron chi connectivity index (χ2n) is 5.17. The van der Waals surface area contributed by atoms with Crippen molar-refractivity contribution in [1.29, 1.82) is 0 Å². The standard InChI is InChI=1S/C17H13N5O2/c1-24-17(23)14-9-12(13-7-8-18-20-13)16-19-15(10-22(16)21-14)11-5-3-2-4-6-11/h2-10H,1H3,(H,18,20). The van der Waals surface area contributed by atoms with Crippen molar-refractivity contribution in [2.45, 2.75) is 0 Å². The molecule has 7 heteroatoms. The van der Waals surface area contributed by atoms with E-state index in [0.717, 1.165) is 22.5 Å². The molecule has 0 saturated carbocycles. The molecule has 0 fully saturated rings. The van der Waals surface area contributed by atoms with Gasteiger partial charge in [0.1, 0.15) is 0 Å². The Morgan fingerprint density at radius 3 is 2.75 bits per heavy atom. The Morgan fingerprint density at radius 2 is 2.04 bits per heavy atom. The van der Waals surface area contributed by atoms with Gasteiger partial charge in [-0.1, -0.05) is 30.3 Å². The van der Waals surface area contributed by atoms with E-state index in [1.165, 1.54) is 7.11 Å². The van der Waals surface area contributed by atoms with Gasteiger partial charge < -0.3 is 4.74 Å². The lowest BCUT2D eigenvalue weighted by molar-refractivity contribution is 0.0592. The van der Waals surface area contributed by atoms with Crippen molar-refractivity contribution in [3.8, 4) is 22.5 Å². The number of hydrogen-bond donors (Lipinski definition) is 1. The molecule has 7 nitrogen and oxygen atoms in total. The highest BCUT2D eigenvalue weighted by Gasteiger charge is 2.17. The third-order valence-corrected chi connectivity index (χ3v) is 3.68. The minimum atomic E-state index is -0.507. The van der Waals surface area contributed by atoms with E-state index in [-0.39, 0.29) is 5.69 Å². The molecule has 0 radical (unpaired) electrons. The van der Waals surface area contributed by atoms with E-state index in [4.69, 9.17) is 4.74 Å². The van der Waals surface area contributed by atoms with E-state index in [9.17, 15) is 4.79 Å². The van der Waals surface area contributed by atoms with Gasteiger partial charge in [-0.2, -0.15) is 10.2 Å². The molecule has 0 aliphatic carbocycles. The van der Waals surface area contributed by atoms with Crippen LogP contribution in [0.4, 0.5) is 0 Å². The van der Waals surface area contributed by atoms with Gasteiger partial charge >= 0.3 is 5.97 Å². The van der Waals surface area contributed by atoms with Crippen LogP contribution in [-0.4, -0.2) is 37.9 Å². The predicted octanol–water partition coefficient (Wildman–Crippen LogP) is 2.57. The normalized spacial score (nSPS) is 10.9. The van der Waals surface area contributed by atoms with Crippen LogP contribution in [0, 0.1) is 0 Å². The summed E-state index contributed by atoms with van der Waals surface area (Å²) in [5.74, 6) is -0.507. The molecule has 24 heavy (non-hydrogen) atoms. The number of carbonyl (C=O) groups excluding carboxylic acids is 1. The summed E-state index contributed by atoms with van der Waals surface area (Å²) in [6.45, 7) is 0. The molecule has 0 atom stereocenters. The summed E-state index contributed by atoms with van der Waals surface area (Å²) in [5, 5.41) is 11.2. The first-order valence-electron chi connectivity index (χ1n) is 7.30. The maximum Gasteiger partial charge on any atom is 0.358 e. The Hall–Kier alpha value is -3.48. The van der Waals surface area contributed by atoms with Gasteiger partial charge in [-0.25, -0.2) is 14.3 Å². The van der Waals surface area contributed by atoms with Crippen LogP contribution in [0.1, 0.15) is 10.5 Å². The van der Waals surface area contributed by atoms with E-state index in [2.05, 4.69) is 20.3 Å². The zero-order chi connectivity index (χ0) is 16.5. The first kappa shape index (κ1) is 14.1. The minimum Gasteiger partial charge on any atom is -0.464 e. The Kier molecular flexibility index (Phi) is 3.31. The number of nitrogens with one attached hydrogen (secondary N) is 1. The summed E-state index contributed by atoms with van der Waals surface area (Å²) in [4.78, 5) is 16.6. The lowest BCUT2D eigenvalue weighted by atomic mass is 10.2. The average molecular weight is 319 g/mol. The van der Waals surface area contributed by atoms with Gasteiger partial charge in [-0.3, -0.25) is 5.10 Å². The highest BCUT2D eigenvalue weighted by Crippen LogP contribution is 2.26. The van der Waals surface area contributed by atoms with Crippen molar-refractivity contribution in [3.63, 3.8) is 0 Å². The van der Waals surface area contributed by atoms with Gasteiger partial charge in [0.2, 0.25) is 0 Å². The summed E-state index contributed by atoms with van der Waals surface area (Å²) in [6, 6.07) is 13.2. The molecule has 0 bridgehead atoms. The molecular weight excluding hydrogens is 306 g/mol. The van der Waals surface area contributed by atoms with Crippen LogP contribution in [0.2, 0.25) is 0 Å². The van der Waals surface area contributed by atoms with Crippen LogP contribution < -0.4 is 0 Å². The second kappa shape index (κ2) is 5.62. The van der Waals surface area contributed by atoms with Crippen LogP contribution in [0.3, 0.4) is 0 Å². The van der Waals surface area contributed by atoms with Gasteiger partial charge in [0.05, 0.1) is 24.7 Å². The number of benzene rings is 1. The molecule has 3 aromatic heterocycles. The molecule has 3 heterocycles. The minimum absolute atomic E-state index is 0.201. The van der Waals surface area contributed by atoms with E-state index in [1.807, 2.05) is 36.4 Å².